The molecule has 0 spiro atoms. The van der Waals surface area contributed by atoms with E-state index in [1.54, 1.807) is 31.4 Å². The van der Waals surface area contributed by atoms with Crippen LogP contribution in [0.4, 0.5) is 39.3 Å². The fourth-order valence-corrected chi connectivity index (χ4v) is 6.61. The van der Waals surface area contributed by atoms with E-state index in [2.05, 4.69) is 36.5 Å². The molecule has 2 aliphatic rings. The Labute approximate surface area is 294 Å². The third-order valence-electron chi connectivity index (χ3n) is 8.69. The van der Waals surface area contributed by atoms with Crippen molar-refractivity contribution in [3.63, 3.8) is 0 Å². The number of piperazine rings is 1. The van der Waals surface area contributed by atoms with Crippen LogP contribution in [0.15, 0.2) is 48.7 Å². The maximum absolute atomic E-state index is 12.4. The van der Waals surface area contributed by atoms with Gasteiger partial charge in [0.15, 0.2) is 5.82 Å². The van der Waals surface area contributed by atoms with Gasteiger partial charge < -0.3 is 29.9 Å². The zero-order chi connectivity index (χ0) is 35.3. The molecule has 2 aliphatic heterocycles. The Kier molecular flexibility index (Phi) is 11.3. The van der Waals surface area contributed by atoms with E-state index in [0.29, 0.717) is 53.6 Å². The van der Waals surface area contributed by atoms with Crippen molar-refractivity contribution in [2.45, 2.75) is 39.2 Å². The summed E-state index contributed by atoms with van der Waals surface area (Å²) in [5.41, 5.74) is 2.27. The van der Waals surface area contributed by atoms with Crippen LogP contribution in [0.25, 0.3) is 0 Å². The summed E-state index contributed by atoms with van der Waals surface area (Å²) in [4.78, 5) is 28.0. The largest absolute Gasteiger partial charge is 0.494 e. The predicted molar refractivity (Wildman–Crippen MR) is 195 cm³/mol. The molecule has 0 saturated carbocycles. The van der Waals surface area contributed by atoms with Gasteiger partial charge in [0.2, 0.25) is 16.0 Å². The number of hydrogen-bond acceptors (Lipinski definition) is 11. The molecule has 3 heterocycles. The fraction of sp³-hybridized carbons (Fsp3) is 0.500. The van der Waals surface area contributed by atoms with Crippen LogP contribution >= 0.6 is 11.6 Å². The summed E-state index contributed by atoms with van der Waals surface area (Å²) in [5.74, 6) is 1.86. The van der Waals surface area contributed by atoms with Crippen LogP contribution in [0.5, 0.6) is 5.75 Å². The van der Waals surface area contributed by atoms with Crippen molar-refractivity contribution in [3.05, 3.63) is 53.7 Å². The summed E-state index contributed by atoms with van der Waals surface area (Å²) in [5, 5.41) is 6.66. The number of aromatic nitrogens is 2. The highest BCUT2D eigenvalue weighted by atomic mass is 35.5. The molecule has 1 amide bonds. The number of benzene rings is 2. The SMILES string of the molecule is COc1cc(N2CCC(CN3CCN(C(=O)OC(C)(C)C)CC3)CC2)ccc1Nc1ncc(Cl)c(Nc2ccccc2N(C)S(C)(=O)=O)n1. The summed E-state index contributed by atoms with van der Waals surface area (Å²) in [6, 6.07) is 13.0. The van der Waals surface area contributed by atoms with Gasteiger partial charge in [0.25, 0.3) is 0 Å². The number of hydrogen-bond donors (Lipinski definition) is 2. The molecule has 2 aromatic carbocycles. The molecule has 15 heteroatoms. The molecule has 49 heavy (non-hydrogen) atoms. The zero-order valence-corrected chi connectivity index (χ0v) is 30.6. The van der Waals surface area contributed by atoms with Crippen LogP contribution in [0.1, 0.15) is 33.6 Å². The van der Waals surface area contributed by atoms with Crippen molar-refractivity contribution in [2.24, 2.45) is 5.92 Å². The highest BCUT2D eigenvalue weighted by Crippen LogP contribution is 2.35. The lowest BCUT2D eigenvalue weighted by molar-refractivity contribution is 0.0130. The summed E-state index contributed by atoms with van der Waals surface area (Å²) in [7, 11) is -0.368. The minimum atomic E-state index is -3.49. The number of methoxy groups -OCH3 is 1. The first-order valence-corrected chi connectivity index (χ1v) is 18.7. The van der Waals surface area contributed by atoms with Crippen molar-refractivity contribution >= 4 is 62.2 Å². The number of rotatable bonds is 10. The van der Waals surface area contributed by atoms with E-state index in [9.17, 15) is 13.2 Å². The quantitative estimate of drug-likeness (QED) is 0.265. The number of nitrogens with zero attached hydrogens (tertiary/aromatic N) is 6. The maximum Gasteiger partial charge on any atom is 0.410 e. The van der Waals surface area contributed by atoms with E-state index in [1.165, 1.54) is 17.5 Å². The molecule has 3 aromatic rings. The molecule has 13 nitrogen and oxygen atoms in total. The second-order valence-electron chi connectivity index (χ2n) is 13.5. The van der Waals surface area contributed by atoms with Crippen LogP contribution < -0.4 is 24.6 Å². The Morgan fingerprint density at radius 1 is 1.02 bits per heavy atom. The second-order valence-corrected chi connectivity index (χ2v) is 15.9. The minimum Gasteiger partial charge on any atom is -0.494 e. The van der Waals surface area contributed by atoms with Gasteiger partial charge in [-0.3, -0.25) is 9.21 Å². The number of sulfonamides is 1. The van der Waals surface area contributed by atoms with Crippen molar-refractivity contribution < 1.29 is 22.7 Å². The standard InChI is InChI=1S/C34H47ClN8O5S/c1-34(2,3)48-33(44)43-19-17-41(18-20-43)23-24-13-15-42(16-14-24)25-11-12-28(30(21-25)47-5)38-32-36-22-26(35)31(39-32)37-27-9-7-8-10-29(27)40(4)49(6,45)46/h7-12,21-22,24H,13-20,23H2,1-6H3,(H2,36,37,38,39). The number of para-hydroxylation sites is 2. The van der Waals surface area contributed by atoms with Gasteiger partial charge in [-0.05, 0) is 63.8 Å². The molecule has 2 saturated heterocycles. The molecule has 266 valence electrons. The van der Waals surface area contributed by atoms with Crippen LogP contribution in [0.3, 0.4) is 0 Å². The molecule has 5 rings (SSSR count). The van der Waals surface area contributed by atoms with Gasteiger partial charge in [-0.2, -0.15) is 4.98 Å². The van der Waals surface area contributed by atoms with E-state index in [4.69, 9.17) is 21.1 Å². The van der Waals surface area contributed by atoms with E-state index in [0.717, 1.165) is 57.5 Å². The Balaban J connectivity index is 1.17. The molecule has 0 bridgehead atoms. The van der Waals surface area contributed by atoms with Crippen LogP contribution in [0, 0.1) is 5.92 Å². The van der Waals surface area contributed by atoms with Gasteiger partial charge in [-0.1, -0.05) is 23.7 Å². The third-order valence-corrected chi connectivity index (χ3v) is 10.2. The van der Waals surface area contributed by atoms with Gasteiger partial charge in [0.1, 0.15) is 16.4 Å². The Morgan fingerprint density at radius 3 is 2.37 bits per heavy atom. The van der Waals surface area contributed by atoms with E-state index < -0.39 is 15.6 Å². The number of nitrogens with one attached hydrogen (secondary N) is 2. The normalized spacial score (nSPS) is 16.3. The molecular weight excluding hydrogens is 668 g/mol. The molecule has 2 N–H and O–H groups in total. The number of piperidine rings is 1. The minimum absolute atomic E-state index is 0.224. The van der Waals surface area contributed by atoms with Gasteiger partial charge >= 0.3 is 6.09 Å². The summed E-state index contributed by atoms with van der Waals surface area (Å²) in [6.45, 7) is 11.8. The van der Waals surface area contributed by atoms with E-state index >= 15 is 0 Å². The first-order valence-electron chi connectivity index (χ1n) is 16.4. The molecule has 0 aliphatic carbocycles. The second kappa shape index (κ2) is 15.3. The number of carbonyl (C=O) groups excluding carboxylic acids is 1. The predicted octanol–water partition coefficient (Wildman–Crippen LogP) is 5.79. The maximum atomic E-state index is 12.4. The highest BCUT2D eigenvalue weighted by Gasteiger charge is 2.28. The highest BCUT2D eigenvalue weighted by molar-refractivity contribution is 7.92. The zero-order valence-electron chi connectivity index (χ0n) is 29.1. The number of ether oxygens (including phenoxy) is 2. The monoisotopic (exact) mass is 714 g/mol. The Morgan fingerprint density at radius 2 is 1.71 bits per heavy atom. The van der Waals surface area contributed by atoms with Crippen LogP contribution in [-0.4, -0.2) is 106 Å². The molecule has 1 aromatic heterocycles. The lowest BCUT2D eigenvalue weighted by Gasteiger charge is -2.39. The van der Waals surface area contributed by atoms with Gasteiger partial charge in [-0.15, -0.1) is 0 Å². The first-order chi connectivity index (χ1) is 23.2. The summed E-state index contributed by atoms with van der Waals surface area (Å²) in [6.07, 6.45) is 4.58. The van der Waals surface area contributed by atoms with Gasteiger partial charge in [-0.25, -0.2) is 18.2 Å². The van der Waals surface area contributed by atoms with Crippen molar-refractivity contribution in [3.8, 4) is 5.75 Å². The van der Waals surface area contributed by atoms with Crippen molar-refractivity contribution in [1.29, 1.82) is 0 Å². The lowest BCUT2D eigenvalue weighted by atomic mass is 9.95. The Bertz CT molecular complexity index is 1720. The number of carbonyl (C=O) groups is 1. The third kappa shape index (κ3) is 9.58. The summed E-state index contributed by atoms with van der Waals surface area (Å²) < 4.78 is 36.9. The van der Waals surface area contributed by atoms with Crippen molar-refractivity contribution in [1.82, 2.24) is 19.8 Å². The van der Waals surface area contributed by atoms with Crippen LogP contribution in [0.2, 0.25) is 5.02 Å². The van der Waals surface area contributed by atoms with E-state index in [-0.39, 0.29) is 11.1 Å². The van der Waals surface area contributed by atoms with Gasteiger partial charge in [0, 0.05) is 64.6 Å². The number of anilines is 6. The van der Waals surface area contributed by atoms with Crippen LogP contribution in [-0.2, 0) is 14.8 Å². The average molecular weight is 715 g/mol. The molecule has 0 atom stereocenters. The smallest absolute Gasteiger partial charge is 0.410 e. The summed E-state index contributed by atoms with van der Waals surface area (Å²) >= 11 is 6.44. The topological polar surface area (TPSA) is 132 Å². The van der Waals surface area contributed by atoms with Crippen molar-refractivity contribution in [2.75, 3.05) is 86.1 Å². The number of halogens is 1. The fourth-order valence-electron chi connectivity index (χ4n) is 5.95. The molecule has 0 radical (unpaired) electrons. The Hall–Kier alpha value is -4.01. The van der Waals surface area contributed by atoms with Gasteiger partial charge in [0.05, 0.1) is 36.6 Å². The lowest BCUT2D eigenvalue weighted by Crippen LogP contribution is -2.51. The molecular formula is C34H47ClN8O5S. The molecule has 0 unspecified atom stereocenters. The molecule has 2 fully saturated rings. The number of amides is 1. The average Bonchev–Trinajstić information content (AvgIpc) is 3.06. The first kappa shape index (κ1) is 36.3. The van der Waals surface area contributed by atoms with E-state index in [1.807, 2.05) is 37.8 Å².